The van der Waals surface area contributed by atoms with Crippen LogP contribution >= 0.6 is 11.3 Å². The van der Waals surface area contributed by atoms with Gasteiger partial charge in [0.15, 0.2) is 5.13 Å². The maximum absolute atomic E-state index is 11.7. The van der Waals surface area contributed by atoms with E-state index in [0.717, 1.165) is 6.42 Å². The maximum atomic E-state index is 11.7. The number of carboxylic acids is 1. The van der Waals surface area contributed by atoms with Gasteiger partial charge in [0.1, 0.15) is 5.54 Å². The Balaban J connectivity index is 1.95. The van der Waals surface area contributed by atoms with E-state index in [1.54, 1.807) is 5.38 Å². The van der Waals surface area contributed by atoms with E-state index in [1.807, 2.05) is 0 Å². The molecule has 4 N–H and O–H groups in total. The van der Waals surface area contributed by atoms with Crippen LogP contribution in [0.3, 0.4) is 0 Å². The van der Waals surface area contributed by atoms with Crippen molar-refractivity contribution < 1.29 is 14.7 Å². The Bertz CT molecular complexity index is 453. The molecule has 0 spiro atoms. The number of nitrogens with one attached hydrogen (secondary N) is 1. The number of anilines is 1. The number of aromatic nitrogens is 1. The van der Waals surface area contributed by atoms with Crippen molar-refractivity contribution in [3.05, 3.63) is 11.1 Å². The van der Waals surface area contributed by atoms with Crippen molar-refractivity contribution in [3.63, 3.8) is 0 Å². The van der Waals surface area contributed by atoms with Gasteiger partial charge in [-0.15, -0.1) is 11.3 Å². The average Bonchev–Trinajstić information content (AvgIpc) is 2.57. The number of hydrogen-bond acceptors (Lipinski definition) is 5. The minimum absolute atomic E-state index is 0.0722. The van der Waals surface area contributed by atoms with Gasteiger partial charge < -0.3 is 16.2 Å². The fraction of sp³-hybridized carbons (Fsp3) is 0.500. The number of hydrogen-bond donors (Lipinski definition) is 3. The molecular weight excluding hydrogens is 242 g/mol. The second-order valence-electron chi connectivity index (χ2n) is 4.14. The van der Waals surface area contributed by atoms with Gasteiger partial charge in [-0.2, -0.15) is 0 Å². The summed E-state index contributed by atoms with van der Waals surface area (Å²) in [6, 6.07) is 0. The Morgan fingerprint density at radius 2 is 2.29 bits per heavy atom. The third-order valence-electron chi connectivity index (χ3n) is 2.91. The first kappa shape index (κ1) is 11.8. The highest BCUT2D eigenvalue weighted by molar-refractivity contribution is 7.13. The molecule has 7 heteroatoms. The lowest BCUT2D eigenvalue weighted by Gasteiger charge is -2.38. The molecule has 1 heterocycles. The molecule has 0 atom stereocenters. The van der Waals surface area contributed by atoms with Gasteiger partial charge in [-0.25, -0.2) is 9.78 Å². The van der Waals surface area contributed by atoms with Crippen LogP contribution in [-0.4, -0.2) is 27.5 Å². The van der Waals surface area contributed by atoms with Gasteiger partial charge in [0, 0.05) is 5.38 Å². The van der Waals surface area contributed by atoms with E-state index >= 15 is 0 Å². The lowest BCUT2D eigenvalue weighted by atomic mass is 9.76. The number of rotatable bonds is 4. The highest BCUT2D eigenvalue weighted by Gasteiger charge is 2.45. The van der Waals surface area contributed by atoms with Gasteiger partial charge in [0.05, 0.1) is 12.1 Å². The lowest BCUT2D eigenvalue weighted by molar-refractivity contribution is -0.151. The van der Waals surface area contributed by atoms with Crippen molar-refractivity contribution in [2.45, 2.75) is 31.2 Å². The molecular formula is C10H13N3O3S. The summed E-state index contributed by atoms with van der Waals surface area (Å²) >= 11 is 1.26. The minimum atomic E-state index is -1.06. The van der Waals surface area contributed by atoms with Crippen LogP contribution in [0.5, 0.6) is 0 Å². The van der Waals surface area contributed by atoms with E-state index < -0.39 is 11.5 Å². The summed E-state index contributed by atoms with van der Waals surface area (Å²) in [5.74, 6) is -1.28. The van der Waals surface area contributed by atoms with Crippen molar-refractivity contribution >= 4 is 28.3 Å². The monoisotopic (exact) mass is 255 g/mol. The quantitative estimate of drug-likeness (QED) is 0.721. The second-order valence-corrected chi connectivity index (χ2v) is 5.03. The third kappa shape index (κ3) is 2.38. The molecule has 0 aromatic carbocycles. The van der Waals surface area contributed by atoms with Crippen LogP contribution in [-0.2, 0) is 16.0 Å². The molecule has 92 valence electrons. The molecule has 0 bridgehead atoms. The number of amides is 1. The predicted molar refractivity (Wildman–Crippen MR) is 62.6 cm³/mol. The SMILES string of the molecule is Nc1nc(CC(=O)NC2(C(=O)O)CCC2)cs1. The van der Waals surface area contributed by atoms with Gasteiger partial charge in [0.2, 0.25) is 5.91 Å². The summed E-state index contributed by atoms with van der Waals surface area (Å²) in [7, 11) is 0. The molecule has 1 aliphatic carbocycles. The fourth-order valence-electron chi connectivity index (χ4n) is 1.80. The van der Waals surface area contributed by atoms with Crippen molar-refractivity contribution in [3.8, 4) is 0 Å². The third-order valence-corrected chi connectivity index (χ3v) is 3.63. The summed E-state index contributed by atoms with van der Waals surface area (Å²) in [4.78, 5) is 26.7. The largest absolute Gasteiger partial charge is 0.480 e. The number of thiazole rings is 1. The Hall–Kier alpha value is -1.63. The number of carbonyl (C=O) groups is 2. The number of carbonyl (C=O) groups excluding carboxylic acids is 1. The molecule has 1 aromatic heterocycles. The van der Waals surface area contributed by atoms with E-state index in [4.69, 9.17) is 10.8 Å². The number of aliphatic carboxylic acids is 1. The Kier molecular flexibility index (Phi) is 3.01. The van der Waals surface area contributed by atoms with Gasteiger partial charge in [-0.3, -0.25) is 4.79 Å². The lowest BCUT2D eigenvalue weighted by Crippen LogP contribution is -2.59. The summed E-state index contributed by atoms with van der Waals surface area (Å²) in [6.07, 6.45) is 1.89. The predicted octanol–water partition coefficient (Wildman–Crippen LogP) is 0.391. The van der Waals surface area contributed by atoms with E-state index in [0.29, 0.717) is 23.7 Å². The molecule has 1 saturated carbocycles. The highest BCUT2D eigenvalue weighted by atomic mass is 32.1. The molecule has 0 saturated heterocycles. The van der Waals surface area contributed by atoms with Crippen molar-refractivity contribution in [2.24, 2.45) is 0 Å². The van der Waals surface area contributed by atoms with Crippen LogP contribution in [0.15, 0.2) is 5.38 Å². The van der Waals surface area contributed by atoms with Crippen LogP contribution < -0.4 is 11.1 Å². The Labute approximate surface area is 102 Å². The average molecular weight is 255 g/mol. The fourth-order valence-corrected chi connectivity index (χ4v) is 2.36. The zero-order chi connectivity index (χ0) is 12.5. The summed E-state index contributed by atoms with van der Waals surface area (Å²) in [6.45, 7) is 0. The summed E-state index contributed by atoms with van der Waals surface area (Å²) in [5, 5.41) is 13.7. The number of carboxylic acid groups (broad SMARTS) is 1. The molecule has 1 fully saturated rings. The maximum Gasteiger partial charge on any atom is 0.329 e. The molecule has 1 aromatic rings. The molecule has 6 nitrogen and oxygen atoms in total. The van der Waals surface area contributed by atoms with Gasteiger partial charge in [0.25, 0.3) is 0 Å². The minimum Gasteiger partial charge on any atom is -0.480 e. The number of nitrogens with zero attached hydrogens (tertiary/aromatic N) is 1. The zero-order valence-corrected chi connectivity index (χ0v) is 9.92. The van der Waals surface area contributed by atoms with E-state index in [2.05, 4.69) is 10.3 Å². The second kappa shape index (κ2) is 4.33. The smallest absolute Gasteiger partial charge is 0.329 e. The molecule has 0 unspecified atom stereocenters. The first-order valence-corrected chi connectivity index (χ1v) is 6.14. The van der Waals surface area contributed by atoms with E-state index in [9.17, 15) is 9.59 Å². The van der Waals surface area contributed by atoms with Crippen molar-refractivity contribution in [1.29, 1.82) is 0 Å². The molecule has 1 amide bonds. The van der Waals surface area contributed by atoms with Gasteiger partial charge in [-0.05, 0) is 19.3 Å². The van der Waals surface area contributed by atoms with Crippen LogP contribution in [0, 0.1) is 0 Å². The topological polar surface area (TPSA) is 105 Å². The number of nitrogen functional groups attached to an aromatic ring is 1. The van der Waals surface area contributed by atoms with Crippen molar-refractivity contribution in [2.75, 3.05) is 5.73 Å². The highest BCUT2D eigenvalue weighted by Crippen LogP contribution is 2.32. The Morgan fingerprint density at radius 3 is 2.71 bits per heavy atom. The standard InChI is InChI=1S/C10H13N3O3S/c11-9-12-6(5-17-9)4-7(14)13-10(8(15)16)2-1-3-10/h5H,1-4H2,(H2,11,12)(H,13,14)(H,15,16). The van der Waals surface area contributed by atoms with Crippen molar-refractivity contribution in [1.82, 2.24) is 10.3 Å². The van der Waals surface area contributed by atoms with Gasteiger partial charge >= 0.3 is 5.97 Å². The Morgan fingerprint density at radius 1 is 1.59 bits per heavy atom. The number of nitrogens with two attached hydrogens (primary N) is 1. The van der Waals surface area contributed by atoms with E-state index in [-0.39, 0.29) is 12.3 Å². The molecule has 0 radical (unpaired) electrons. The zero-order valence-electron chi connectivity index (χ0n) is 9.10. The van der Waals surface area contributed by atoms with Crippen LogP contribution in [0.1, 0.15) is 25.0 Å². The van der Waals surface area contributed by atoms with Crippen LogP contribution in [0.4, 0.5) is 5.13 Å². The molecule has 0 aliphatic heterocycles. The van der Waals surface area contributed by atoms with E-state index in [1.165, 1.54) is 11.3 Å². The van der Waals surface area contributed by atoms with Gasteiger partial charge in [-0.1, -0.05) is 0 Å². The summed E-state index contributed by atoms with van der Waals surface area (Å²) < 4.78 is 0. The molecule has 17 heavy (non-hydrogen) atoms. The molecule has 2 rings (SSSR count). The van der Waals surface area contributed by atoms with Crippen LogP contribution in [0.25, 0.3) is 0 Å². The summed E-state index contributed by atoms with van der Waals surface area (Å²) in [5.41, 5.74) is 4.97. The van der Waals surface area contributed by atoms with Crippen LogP contribution in [0.2, 0.25) is 0 Å². The molecule has 1 aliphatic rings. The normalized spacial score (nSPS) is 17.2. The first-order chi connectivity index (χ1) is 8.02. The first-order valence-electron chi connectivity index (χ1n) is 5.26.